The number of rotatable bonds is 2. The fraction of sp³-hybridized carbons (Fsp3) is 0.571. The van der Waals surface area contributed by atoms with Crippen LogP contribution >= 0.6 is 0 Å². The first-order valence-electron chi connectivity index (χ1n) is 6.26. The fourth-order valence-corrected chi connectivity index (χ4v) is 2.13. The fourth-order valence-electron chi connectivity index (χ4n) is 2.13. The topological polar surface area (TPSA) is 21.3 Å². The van der Waals surface area contributed by atoms with Crippen molar-refractivity contribution < 1.29 is 13.5 Å². The van der Waals surface area contributed by atoms with Gasteiger partial charge in [-0.05, 0) is 31.0 Å². The van der Waals surface area contributed by atoms with E-state index in [1.807, 2.05) is 6.92 Å². The molecule has 1 aromatic rings. The van der Waals surface area contributed by atoms with Gasteiger partial charge in [0.1, 0.15) is 11.6 Å². The number of halogens is 2. The zero-order chi connectivity index (χ0) is 13.3. The van der Waals surface area contributed by atoms with Crippen molar-refractivity contribution in [3.05, 3.63) is 35.4 Å². The lowest BCUT2D eigenvalue weighted by Gasteiger charge is -2.42. The maximum Gasteiger partial charge on any atom is 0.129 e. The second-order valence-corrected chi connectivity index (χ2v) is 5.37. The molecule has 1 aromatic carbocycles. The second-order valence-electron chi connectivity index (χ2n) is 5.37. The summed E-state index contributed by atoms with van der Waals surface area (Å²) in [6.45, 7) is 7.34. The molecule has 2 rings (SSSR count). The first-order chi connectivity index (χ1) is 8.42. The van der Waals surface area contributed by atoms with Crippen molar-refractivity contribution in [3.63, 3.8) is 0 Å². The van der Waals surface area contributed by atoms with Crippen LogP contribution in [-0.4, -0.2) is 18.7 Å². The molecule has 0 saturated carbocycles. The van der Waals surface area contributed by atoms with Crippen LogP contribution in [0.5, 0.6) is 0 Å². The maximum absolute atomic E-state index is 13.7. The molecule has 2 unspecified atom stereocenters. The van der Waals surface area contributed by atoms with Crippen LogP contribution in [-0.2, 0) is 4.74 Å². The van der Waals surface area contributed by atoms with Crippen LogP contribution in [0.15, 0.2) is 18.2 Å². The minimum atomic E-state index is -0.443. The summed E-state index contributed by atoms with van der Waals surface area (Å²) < 4.78 is 32.9. The first kappa shape index (κ1) is 13.4. The molecule has 2 nitrogen and oxygen atoms in total. The Morgan fingerprint density at radius 2 is 2.11 bits per heavy atom. The van der Waals surface area contributed by atoms with E-state index in [0.29, 0.717) is 12.5 Å². The van der Waals surface area contributed by atoms with Crippen molar-refractivity contribution in [1.29, 1.82) is 0 Å². The zero-order valence-corrected chi connectivity index (χ0v) is 11.0. The van der Waals surface area contributed by atoms with Gasteiger partial charge in [-0.25, -0.2) is 8.78 Å². The summed E-state index contributed by atoms with van der Waals surface area (Å²) in [6.07, 6.45) is -0.443. The Kier molecular flexibility index (Phi) is 3.69. The Morgan fingerprint density at radius 1 is 1.39 bits per heavy atom. The van der Waals surface area contributed by atoms with Gasteiger partial charge in [0.05, 0.1) is 11.7 Å². The lowest BCUT2D eigenvalue weighted by Crippen LogP contribution is -2.52. The minimum absolute atomic E-state index is 0.286. The SMILES string of the molecule is CC(C)C1(C)CNCC(c2cc(F)ccc2F)O1. The van der Waals surface area contributed by atoms with Gasteiger partial charge in [0.25, 0.3) is 0 Å². The summed E-state index contributed by atoms with van der Waals surface area (Å²) in [5.74, 6) is -0.563. The maximum atomic E-state index is 13.7. The average Bonchev–Trinajstić information content (AvgIpc) is 2.32. The van der Waals surface area contributed by atoms with Crippen molar-refractivity contribution in [3.8, 4) is 0 Å². The normalized spacial score (nSPS) is 28.7. The summed E-state index contributed by atoms with van der Waals surface area (Å²) >= 11 is 0. The highest BCUT2D eigenvalue weighted by atomic mass is 19.1. The highest BCUT2D eigenvalue weighted by Crippen LogP contribution is 2.33. The van der Waals surface area contributed by atoms with Crippen LogP contribution in [0.1, 0.15) is 32.4 Å². The van der Waals surface area contributed by atoms with Gasteiger partial charge in [0.15, 0.2) is 0 Å². The molecule has 0 aliphatic carbocycles. The van der Waals surface area contributed by atoms with Crippen LogP contribution in [0.2, 0.25) is 0 Å². The summed E-state index contributed by atoms with van der Waals surface area (Å²) in [4.78, 5) is 0. The molecule has 0 amide bonds. The van der Waals surface area contributed by atoms with E-state index in [-0.39, 0.29) is 11.2 Å². The molecule has 0 spiro atoms. The van der Waals surface area contributed by atoms with E-state index in [1.165, 1.54) is 6.07 Å². The lowest BCUT2D eigenvalue weighted by atomic mass is 9.89. The number of morpholine rings is 1. The molecule has 1 aliphatic heterocycles. The molecular formula is C14H19F2NO. The number of ether oxygens (including phenoxy) is 1. The van der Waals surface area contributed by atoms with E-state index in [2.05, 4.69) is 19.2 Å². The quantitative estimate of drug-likeness (QED) is 0.877. The molecule has 2 atom stereocenters. The lowest BCUT2D eigenvalue weighted by molar-refractivity contribution is -0.133. The zero-order valence-electron chi connectivity index (χ0n) is 11.0. The molecule has 4 heteroatoms. The first-order valence-corrected chi connectivity index (χ1v) is 6.26. The van der Waals surface area contributed by atoms with Crippen LogP contribution in [0.3, 0.4) is 0 Å². The van der Waals surface area contributed by atoms with Gasteiger partial charge in [0.2, 0.25) is 0 Å². The van der Waals surface area contributed by atoms with Crippen molar-refractivity contribution >= 4 is 0 Å². The van der Waals surface area contributed by atoms with Gasteiger partial charge in [-0.1, -0.05) is 13.8 Å². The molecular weight excluding hydrogens is 236 g/mol. The summed E-state index contributed by atoms with van der Waals surface area (Å²) in [6, 6.07) is 3.49. The van der Waals surface area contributed by atoms with E-state index in [9.17, 15) is 8.78 Å². The van der Waals surface area contributed by atoms with Crippen LogP contribution < -0.4 is 5.32 Å². The Bertz CT molecular complexity index is 436. The number of nitrogens with one attached hydrogen (secondary N) is 1. The molecule has 1 N–H and O–H groups in total. The predicted molar refractivity (Wildman–Crippen MR) is 66.3 cm³/mol. The summed E-state index contributed by atoms with van der Waals surface area (Å²) in [5.41, 5.74) is -0.0733. The number of benzene rings is 1. The Morgan fingerprint density at radius 3 is 2.78 bits per heavy atom. The van der Waals surface area contributed by atoms with Gasteiger partial charge in [-0.2, -0.15) is 0 Å². The third-order valence-electron chi connectivity index (χ3n) is 3.74. The van der Waals surface area contributed by atoms with Gasteiger partial charge in [-0.3, -0.25) is 0 Å². The van der Waals surface area contributed by atoms with Gasteiger partial charge < -0.3 is 10.1 Å². The van der Waals surface area contributed by atoms with Crippen molar-refractivity contribution in [2.75, 3.05) is 13.1 Å². The van der Waals surface area contributed by atoms with Crippen molar-refractivity contribution in [2.24, 2.45) is 5.92 Å². The summed E-state index contributed by atoms with van der Waals surface area (Å²) in [5, 5.41) is 3.24. The Hall–Kier alpha value is -1.00. The van der Waals surface area contributed by atoms with Crippen LogP contribution in [0, 0.1) is 17.6 Å². The highest BCUT2D eigenvalue weighted by Gasteiger charge is 2.37. The van der Waals surface area contributed by atoms with E-state index >= 15 is 0 Å². The molecule has 1 fully saturated rings. The van der Waals surface area contributed by atoms with E-state index in [1.54, 1.807) is 0 Å². The second kappa shape index (κ2) is 4.94. The van der Waals surface area contributed by atoms with Crippen molar-refractivity contribution in [2.45, 2.75) is 32.5 Å². The largest absolute Gasteiger partial charge is 0.364 e. The molecule has 1 heterocycles. The number of hydrogen-bond donors (Lipinski definition) is 1. The third kappa shape index (κ3) is 2.54. The van der Waals surface area contributed by atoms with Crippen molar-refractivity contribution in [1.82, 2.24) is 5.32 Å². The molecule has 0 bridgehead atoms. The summed E-state index contributed by atoms with van der Waals surface area (Å²) in [7, 11) is 0. The molecule has 1 saturated heterocycles. The third-order valence-corrected chi connectivity index (χ3v) is 3.74. The molecule has 0 aromatic heterocycles. The smallest absolute Gasteiger partial charge is 0.129 e. The van der Waals surface area contributed by atoms with Gasteiger partial charge in [0, 0.05) is 18.7 Å². The van der Waals surface area contributed by atoms with E-state index in [4.69, 9.17) is 4.74 Å². The molecule has 1 aliphatic rings. The van der Waals surface area contributed by atoms with Gasteiger partial charge >= 0.3 is 0 Å². The molecule has 100 valence electrons. The number of hydrogen-bond acceptors (Lipinski definition) is 2. The van der Waals surface area contributed by atoms with Gasteiger partial charge in [-0.15, -0.1) is 0 Å². The standard InChI is InChI=1S/C14H19F2NO/c1-9(2)14(3)8-17-7-13(18-14)11-6-10(15)4-5-12(11)16/h4-6,9,13,17H,7-8H2,1-3H3. The minimum Gasteiger partial charge on any atom is -0.364 e. The predicted octanol–water partition coefficient (Wildman–Crippen LogP) is 3.04. The molecule has 18 heavy (non-hydrogen) atoms. The highest BCUT2D eigenvalue weighted by molar-refractivity contribution is 5.22. The molecule has 0 radical (unpaired) electrons. The van der Waals surface area contributed by atoms with E-state index < -0.39 is 17.7 Å². The van der Waals surface area contributed by atoms with E-state index in [0.717, 1.165) is 18.7 Å². The Labute approximate surface area is 106 Å². The van der Waals surface area contributed by atoms with Crippen LogP contribution in [0.25, 0.3) is 0 Å². The Balaban J connectivity index is 2.26. The monoisotopic (exact) mass is 255 g/mol. The van der Waals surface area contributed by atoms with Crippen LogP contribution in [0.4, 0.5) is 8.78 Å². The average molecular weight is 255 g/mol.